The van der Waals surface area contributed by atoms with E-state index in [0.717, 1.165) is 31.1 Å². The van der Waals surface area contributed by atoms with Gasteiger partial charge in [-0.25, -0.2) is 0 Å². The van der Waals surface area contributed by atoms with Crippen LogP contribution in [0.25, 0.3) is 0 Å². The van der Waals surface area contributed by atoms with Crippen molar-refractivity contribution in [2.75, 3.05) is 31.6 Å². The van der Waals surface area contributed by atoms with Crippen LogP contribution in [0.15, 0.2) is 42.9 Å². The van der Waals surface area contributed by atoms with Crippen molar-refractivity contribution in [3.05, 3.63) is 54.1 Å². The first-order valence-corrected chi connectivity index (χ1v) is 8.99. The lowest BCUT2D eigenvalue weighted by atomic mass is 9.99. The zero-order valence-corrected chi connectivity index (χ0v) is 15.1. The Bertz CT molecular complexity index is 696. The molecule has 1 aliphatic rings. The highest BCUT2D eigenvalue weighted by molar-refractivity contribution is 5.93. The van der Waals surface area contributed by atoms with Crippen LogP contribution in [0.3, 0.4) is 0 Å². The Balaban J connectivity index is 1.62. The molecule has 3 rings (SSSR count). The van der Waals surface area contributed by atoms with Crippen molar-refractivity contribution in [3.8, 4) is 0 Å². The summed E-state index contributed by atoms with van der Waals surface area (Å²) in [5.74, 6) is 0.764. The van der Waals surface area contributed by atoms with E-state index in [2.05, 4.69) is 21.8 Å². The molecule has 0 N–H and O–H groups in total. The molecular weight excluding hydrogens is 312 g/mol. The molecule has 5 heteroatoms. The van der Waals surface area contributed by atoms with Gasteiger partial charge in [0.2, 0.25) is 0 Å². The number of amides is 1. The molecule has 0 unspecified atom stereocenters. The molecule has 132 valence electrons. The minimum absolute atomic E-state index is 0.0266. The molecule has 1 fully saturated rings. The molecule has 1 aliphatic heterocycles. The SMILES string of the molecule is CC1CCN(c2ccnc(C(=O)N(C)CCc3ccncc3)c2)CC1. The van der Waals surface area contributed by atoms with Crippen molar-refractivity contribution in [1.29, 1.82) is 0 Å². The maximum absolute atomic E-state index is 12.7. The van der Waals surface area contributed by atoms with E-state index in [1.54, 1.807) is 23.5 Å². The summed E-state index contributed by atoms with van der Waals surface area (Å²) in [6.07, 6.45) is 8.53. The Labute approximate surface area is 149 Å². The number of piperidine rings is 1. The van der Waals surface area contributed by atoms with Crippen LogP contribution in [0.2, 0.25) is 0 Å². The van der Waals surface area contributed by atoms with Crippen LogP contribution in [0, 0.1) is 5.92 Å². The van der Waals surface area contributed by atoms with Crippen LogP contribution in [-0.4, -0.2) is 47.5 Å². The lowest BCUT2D eigenvalue weighted by Gasteiger charge is -2.32. The van der Waals surface area contributed by atoms with Crippen molar-refractivity contribution in [2.45, 2.75) is 26.2 Å². The molecule has 5 nitrogen and oxygen atoms in total. The van der Waals surface area contributed by atoms with Gasteiger partial charge in [-0.05, 0) is 55.0 Å². The van der Waals surface area contributed by atoms with Crippen LogP contribution < -0.4 is 4.90 Å². The van der Waals surface area contributed by atoms with E-state index in [4.69, 9.17) is 0 Å². The van der Waals surface area contributed by atoms with Gasteiger partial charge < -0.3 is 9.80 Å². The van der Waals surface area contributed by atoms with Crippen LogP contribution in [0.1, 0.15) is 35.8 Å². The maximum Gasteiger partial charge on any atom is 0.272 e. The number of hydrogen-bond acceptors (Lipinski definition) is 4. The van der Waals surface area contributed by atoms with Gasteiger partial charge in [-0.2, -0.15) is 0 Å². The summed E-state index contributed by atoms with van der Waals surface area (Å²) >= 11 is 0. The Morgan fingerprint density at radius 3 is 2.64 bits per heavy atom. The van der Waals surface area contributed by atoms with E-state index in [0.29, 0.717) is 12.2 Å². The molecule has 2 aromatic heterocycles. The van der Waals surface area contributed by atoms with E-state index in [9.17, 15) is 4.79 Å². The predicted molar refractivity (Wildman–Crippen MR) is 99.7 cm³/mol. The van der Waals surface area contributed by atoms with Gasteiger partial charge in [0.15, 0.2) is 0 Å². The van der Waals surface area contributed by atoms with E-state index in [1.165, 1.54) is 18.4 Å². The summed E-state index contributed by atoms with van der Waals surface area (Å²) in [6, 6.07) is 7.90. The van der Waals surface area contributed by atoms with Gasteiger partial charge in [-0.15, -0.1) is 0 Å². The molecule has 0 aromatic carbocycles. The van der Waals surface area contributed by atoms with Crippen LogP contribution in [-0.2, 0) is 6.42 Å². The minimum atomic E-state index is -0.0266. The van der Waals surface area contributed by atoms with Crippen molar-refractivity contribution < 1.29 is 4.79 Å². The van der Waals surface area contributed by atoms with E-state index in [-0.39, 0.29) is 5.91 Å². The van der Waals surface area contributed by atoms with Gasteiger partial charge in [0, 0.05) is 51.0 Å². The fraction of sp³-hybridized carbons (Fsp3) is 0.450. The molecule has 0 radical (unpaired) electrons. The lowest BCUT2D eigenvalue weighted by molar-refractivity contribution is 0.0791. The summed E-state index contributed by atoms with van der Waals surface area (Å²) in [5, 5.41) is 0. The number of hydrogen-bond donors (Lipinski definition) is 0. The van der Waals surface area contributed by atoms with E-state index < -0.39 is 0 Å². The molecular formula is C20H26N4O. The summed E-state index contributed by atoms with van der Waals surface area (Å²) < 4.78 is 0. The number of rotatable bonds is 5. The Kier molecular flexibility index (Phi) is 5.64. The van der Waals surface area contributed by atoms with E-state index in [1.807, 2.05) is 31.3 Å². The summed E-state index contributed by atoms with van der Waals surface area (Å²) in [5.41, 5.74) is 2.81. The average Bonchev–Trinajstić information content (AvgIpc) is 2.67. The number of anilines is 1. The van der Waals surface area contributed by atoms with Gasteiger partial charge in [0.05, 0.1) is 0 Å². The van der Waals surface area contributed by atoms with Crippen LogP contribution in [0.4, 0.5) is 5.69 Å². The first-order valence-electron chi connectivity index (χ1n) is 8.99. The third kappa shape index (κ3) is 4.56. The standard InChI is InChI=1S/C20H26N4O/c1-16-6-13-24(14-7-16)18-5-11-22-19(15-18)20(25)23(2)12-8-17-3-9-21-10-4-17/h3-5,9-11,15-16H,6-8,12-14H2,1-2H3. The second kappa shape index (κ2) is 8.10. The average molecular weight is 338 g/mol. The molecule has 3 heterocycles. The number of carbonyl (C=O) groups excluding carboxylic acids is 1. The zero-order valence-electron chi connectivity index (χ0n) is 15.1. The van der Waals surface area contributed by atoms with Gasteiger partial charge in [0.1, 0.15) is 5.69 Å². The molecule has 0 saturated carbocycles. The number of carbonyl (C=O) groups is 1. The number of likely N-dealkylation sites (N-methyl/N-ethyl adjacent to an activating group) is 1. The maximum atomic E-state index is 12.7. The lowest BCUT2D eigenvalue weighted by Crippen LogP contribution is -2.33. The van der Waals surface area contributed by atoms with Crippen LogP contribution >= 0.6 is 0 Å². The highest BCUT2D eigenvalue weighted by atomic mass is 16.2. The van der Waals surface area contributed by atoms with Crippen molar-refractivity contribution in [1.82, 2.24) is 14.9 Å². The van der Waals surface area contributed by atoms with Gasteiger partial charge in [-0.1, -0.05) is 6.92 Å². The predicted octanol–water partition coefficient (Wildman–Crippen LogP) is 3.03. The van der Waals surface area contributed by atoms with Gasteiger partial charge in [-0.3, -0.25) is 14.8 Å². The zero-order chi connectivity index (χ0) is 17.6. The fourth-order valence-corrected chi connectivity index (χ4v) is 3.14. The molecule has 0 bridgehead atoms. The third-order valence-electron chi connectivity index (χ3n) is 4.94. The highest BCUT2D eigenvalue weighted by Crippen LogP contribution is 2.23. The number of nitrogens with zero attached hydrogens (tertiary/aromatic N) is 4. The van der Waals surface area contributed by atoms with Crippen molar-refractivity contribution in [2.24, 2.45) is 5.92 Å². The molecule has 1 saturated heterocycles. The largest absolute Gasteiger partial charge is 0.371 e. The van der Waals surface area contributed by atoms with Gasteiger partial charge >= 0.3 is 0 Å². The molecule has 25 heavy (non-hydrogen) atoms. The third-order valence-corrected chi connectivity index (χ3v) is 4.94. The fourth-order valence-electron chi connectivity index (χ4n) is 3.14. The van der Waals surface area contributed by atoms with Crippen LogP contribution in [0.5, 0.6) is 0 Å². The Hall–Kier alpha value is -2.43. The summed E-state index contributed by atoms with van der Waals surface area (Å²) in [6.45, 7) is 5.07. The monoisotopic (exact) mass is 338 g/mol. The summed E-state index contributed by atoms with van der Waals surface area (Å²) in [4.78, 5) is 25.1. The molecule has 1 amide bonds. The molecule has 0 spiro atoms. The molecule has 0 atom stereocenters. The first-order chi connectivity index (χ1) is 12.1. The first kappa shape index (κ1) is 17.4. The Morgan fingerprint density at radius 2 is 1.92 bits per heavy atom. The smallest absolute Gasteiger partial charge is 0.272 e. The number of aromatic nitrogens is 2. The minimum Gasteiger partial charge on any atom is -0.371 e. The summed E-state index contributed by atoms with van der Waals surface area (Å²) in [7, 11) is 1.83. The quantitative estimate of drug-likeness (QED) is 0.841. The van der Waals surface area contributed by atoms with E-state index >= 15 is 0 Å². The number of pyridine rings is 2. The topological polar surface area (TPSA) is 49.3 Å². The Morgan fingerprint density at radius 1 is 1.20 bits per heavy atom. The highest BCUT2D eigenvalue weighted by Gasteiger charge is 2.19. The second-order valence-corrected chi connectivity index (χ2v) is 6.90. The van der Waals surface area contributed by atoms with Crippen molar-refractivity contribution >= 4 is 11.6 Å². The second-order valence-electron chi connectivity index (χ2n) is 6.90. The molecule has 0 aliphatic carbocycles. The van der Waals surface area contributed by atoms with Crippen molar-refractivity contribution in [3.63, 3.8) is 0 Å². The molecule has 2 aromatic rings. The normalized spacial score (nSPS) is 15.2. The van der Waals surface area contributed by atoms with Gasteiger partial charge in [0.25, 0.3) is 5.91 Å².